The monoisotopic (exact) mass is 379 g/mol. The second-order valence-electron chi connectivity index (χ2n) is 6.04. The molecule has 0 amide bonds. The number of hydrogen-bond donors (Lipinski definition) is 2. The molecule has 2 heterocycles. The van der Waals surface area contributed by atoms with E-state index in [0.29, 0.717) is 13.1 Å². The van der Waals surface area contributed by atoms with E-state index in [1.807, 2.05) is 18.2 Å². The zero-order valence-electron chi connectivity index (χ0n) is 14.4. The van der Waals surface area contributed by atoms with Crippen LogP contribution in [-0.4, -0.2) is 39.6 Å². The number of thiazole rings is 1. The average Bonchev–Trinajstić information content (AvgIpc) is 3.11. The normalized spacial score (nSPS) is 13.6. The molecule has 1 aliphatic rings. The lowest BCUT2D eigenvalue weighted by Gasteiger charge is -2.14. The fourth-order valence-electron chi connectivity index (χ4n) is 2.84. The number of allylic oxidation sites excluding steroid dienone is 2. The van der Waals surface area contributed by atoms with Gasteiger partial charge < -0.3 is 10.6 Å². The lowest BCUT2D eigenvalue weighted by Crippen LogP contribution is -2.30. The number of fused-ring (bicyclic) bond motifs is 2. The minimum atomic E-state index is -0.297. The molecular weight excluding hydrogens is 362 g/mol. The third-order valence-corrected chi connectivity index (χ3v) is 5.16. The van der Waals surface area contributed by atoms with Gasteiger partial charge in [-0.15, -0.1) is 11.3 Å². The second kappa shape index (κ2) is 7.73. The van der Waals surface area contributed by atoms with Crippen molar-refractivity contribution < 1.29 is 9.59 Å². The van der Waals surface area contributed by atoms with Crippen LogP contribution in [0.3, 0.4) is 0 Å². The molecule has 7 nitrogen and oxygen atoms in total. The summed E-state index contributed by atoms with van der Waals surface area (Å²) in [6.07, 6.45) is 4.93. The highest BCUT2D eigenvalue weighted by Crippen LogP contribution is 2.21. The largest absolute Gasteiger partial charge is 0.382 e. The van der Waals surface area contributed by atoms with Crippen LogP contribution in [0, 0.1) is 0 Å². The van der Waals surface area contributed by atoms with Crippen LogP contribution >= 0.6 is 11.3 Å². The van der Waals surface area contributed by atoms with Crippen LogP contribution in [0.15, 0.2) is 48.4 Å². The molecule has 2 aromatic heterocycles. The topological polar surface area (TPSA) is 96.9 Å². The first-order valence-electron chi connectivity index (χ1n) is 8.63. The van der Waals surface area contributed by atoms with E-state index in [1.54, 1.807) is 11.3 Å². The van der Waals surface area contributed by atoms with Crippen LogP contribution in [0.5, 0.6) is 0 Å². The molecule has 8 heteroatoms. The van der Waals surface area contributed by atoms with Gasteiger partial charge in [-0.2, -0.15) is 0 Å². The first-order chi connectivity index (χ1) is 13.2. The van der Waals surface area contributed by atoms with Gasteiger partial charge in [-0.3, -0.25) is 9.59 Å². The smallest absolute Gasteiger partial charge is 0.229 e. The van der Waals surface area contributed by atoms with Crippen molar-refractivity contribution in [2.45, 2.75) is 13.0 Å². The number of Topliss-reactive ketones (excluding diaryl/α,β-unsaturated/α-hetero) is 1. The van der Waals surface area contributed by atoms with Crippen LogP contribution in [0.1, 0.15) is 32.4 Å². The molecule has 0 bridgehead atoms. The SMILES string of the molecule is O=C1C=C(NCCCNCc2nc3ccccc3s2)C(=O)c2nccnc21. The van der Waals surface area contributed by atoms with Crippen LogP contribution in [0.2, 0.25) is 0 Å². The van der Waals surface area contributed by atoms with Crippen LogP contribution < -0.4 is 10.6 Å². The predicted octanol–water partition coefficient (Wildman–Crippen LogP) is 2.12. The van der Waals surface area contributed by atoms with Gasteiger partial charge in [0, 0.05) is 31.6 Å². The number of rotatable bonds is 7. The maximum Gasteiger partial charge on any atom is 0.229 e. The van der Waals surface area contributed by atoms with E-state index in [9.17, 15) is 9.59 Å². The van der Waals surface area contributed by atoms with Gasteiger partial charge in [-0.05, 0) is 25.1 Å². The van der Waals surface area contributed by atoms with Gasteiger partial charge in [0.15, 0.2) is 0 Å². The van der Waals surface area contributed by atoms with E-state index in [1.165, 1.54) is 23.2 Å². The van der Waals surface area contributed by atoms with Crippen molar-refractivity contribution in [1.29, 1.82) is 0 Å². The number of ketones is 2. The van der Waals surface area contributed by atoms with Gasteiger partial charge in [0.1, 0.15) is 16.4 Å². The summed E-state index contributed by atoms with van der Waals surface area (Å²) in [4.78, 5) is 36.9. The molecule has 4 rings (SSSR count). The number of carbonyl (C=O) groups excluding carboxylic acids is 2. The average molecular weight is 379 g/mol. The van der Waals surface area contributed by atoms with E-state index >= 15 is 0 Å². The van der Waals surface area contributed by atoms with E-state index in [2.05, 4.69) is 31.7 Å². The molecule has 0 aliphatic heterocycles. The van der Waals surface area contributed by atoms with Crippen molar-refractivity contribution in [3.8, 4) is 0 Å². The van der Waals surface area contributed by atoms with Crippen LogP contribution in [0.4, 0.5) is 0 Å². The van der Waals surface area contributed by atoms with Gasteiger partial charge in [0.05, 0.1) is 15.9 Å². The van der Waals surface area contributed by atoms with Crippen LogP contribution in [0.25, 0.3) is 10.2 Å². The third-order valence-electron chi connectivity index (χ3n) is 4.13. The zero-order valence-corrected chi connectivity index (χ0v) is 15.3. The Morgan fingerprint density at radius 1 is 1.00 bits per heavy atom. The molecule has 0 saturated heterocycles. The fourth-order valence-corrected chi connectivity index (χ4v) is 3.77. The Bertz CT molecular complexity index is 1010. The Morgan fingerprint density at radius 3 is 2.67 bits per heavy atom. The number of benzene rings is 1. The summed E-state index contributed by atoms with van der Waals surface area (Å²) < 4.78 is 1.19. The minimum absolute atomic E-state index is 0.112. The van der Waals surface area contributed by atoms with Crippen molar-refractivity contribution >= 4 is 33.1 Å². The van der Waals surface area contributed by atoms with E-state index in [-0.39, 0.29) is 28.7 Å². The summed E-state index contributed by atoms with van der Waals surface area (Å²) >= 11 is 1.68. The molecule has 1 aromatic carbocycles. The van der Waals surface area contributed by atoms with E-state index < -0.39 is 0 Å². The molecule has 136 valence electrons. The summed E-state index contributed by atoms with van der Waals surface area (Å²) in [6, 6.07) is 8.08. The van der Waals surface area contributed by atoms with Gasteiger partial charge >= 0.3 is 0 Å². The summed E-state index contributed by atoms with van der Waals surface area (Å²) in [5.74, 6) is -0.589. The van der Waals surface area contributed by atoms with Crippen molar-refractivity contribution in [2.75, 3.05) is 13.1 Å². The number of hydrogen-bond acceptors (Lipinski definition) is 8. The minimum Gasteiger partial charge on any atom is -0.382 e. The van der Waals surface area contributed by atoms with Gasteiger partial charge in [0.2, 0.25) is 11.6 Å². The Hall–Kier alpha value is -2.97. The lowest BCUT2D eigenvalue weighted by atomic mass is 10.0. The number of nitrogens with zero attached hydrogens (tertiary/aromatic N) is 3. The van der Waals surface area contributed by atoms with E-state index in [4.69, 9.17) is 0 Å². The molecule has 3 aromatic rings. The molecule has 0 spiro atoms. The number of nitrogens with one attached hydrogen (secondary N) is 2. The standard InChI is InChI=1S/C19H17N5O2S/c25-14-10-13(19(26)18-17(14)22-8-9-23-18)21-7-3-6-20-11-16-24-12-4-1-2-5-15(12)27-16/h1-2,4-5,8-10,20-21H,3,6-7,11H2. The molecule has 0 saturated carbocycles. The highest BCUT2D eigenvalue weighted by molar-refractivity contribution is 7.18. The number of para-hydroxylation sites is 1. The molecule has 1 aliphatic carbocycles. The Labute approximate surface area is 159 Å². The third kappa shape index (κ3) is 3.76. The number of aromatic nitrogens is 3. The summed E-state index contributed by atoms with van der Waals surface area (Å²) in [6.45, 7) is 2.06. The molecule has 0 fully saturated rings. The Balaban J connectivity index is 1.23. The van der Waals surface area contributed by atoms with Gasteiger partial charge in [0.25, 0.3) is 0 Å². The van der Waals surface area contributed by atoms with E-state index in [0.717, 1.165) is 23.5 Å². The van der Waals surface area contributed by atoms with Gasteiger partial charge in [-0.25, -0.2) is 15.0 Å². The molecular formula is C19H17N5O2S. The van der Waals surface area contributed by atoms with Crippen molar-refractivity contribution in [3.63, 3.8) is 0 Å². The Kier molecular flexibility index (Phi) is 4.99. The van der Waals surface area contributed by atoms with Crippen molar-refractivity contribution in [2.24, 2.45) is 0 Å². The summed E-state index contributed by atoms with van der Waals surface area (Å²) in [5, 5.41) is 7.43. The molecule has 0 unspecified atom stereocenters. The first kappa shape index (κ1) is 17.4. The molecule has 0 atom stereocenters. The highest BCUT2D eigenvalue weighted by atomic mass is 32.1. The summed E-state index contributed by atoms with van der Waals surface area (Å²) in [7, 11) is 0. The highest BCUT2D eigenvalue weighted by Gasteiger charge is 2.27. The fraction of sp³-hybridized carbons (Fsp3) is 0.211. The quantitative estimate of drug-likeness (QED) is 0.607. The molecule has 0 radical (unpaired) electrons. The Morgan fingerprint density at radius 2 is 1.81 bits per heavy atom. The van der Waals surface area contributed by atoms with Crippen LogP contribution in [-0.2, 0) is 6.54 Å². The molecule has 2 N–H and O–H groups in total. The summed E-state index contributed by atoms with van der Waals surface area (Å²) in [5.41, 5.74) is 1.53. The first-order valence-corrected chi connectivity index (χ1v) is 9.45. The molecule has 27 heavy (non-hydrogen) atoms. The zero-order chi connectivity index (χ0) is 18.6. The second-order valence-corrected chi connectivity index (χ2v) is 7.15. The maximum atomic E-state index is 12.3. The van der Waals surface area contributed by atoms with Crippen molar-refractivity contribution in [1.82, 2.24) is 25.6 Å². The maximum absolute atomic E-state index is 12.3. The lowest BCUT2D eigenvalue weighted by molar-refractivity contribution is 0.0970. The van der Waals surface area contributed by atoms with Crippen molar-refractivity contribution in [3.05, 3.63) is 64.8 Å². The van der Waals surface area contributed by atoms with Gasteiger partial charge in [-0.1, -0.05) is 12.1 Å². The number of carbonyl (C=O) groups is 2. The predicted molar refractivity (Wildman–Crippen MR) is 103 cm³/mol.